The Morgan fingerprint density at radius 2 is 1.93 bits per heavy atom. The summed E-state index contributed by atoms with van der Waals surface area (Å²) in [5.41, 5.74) is 3.87. The van der Waals surface area contributed by atoms with Crippen molar-refractivity contribution in [2.24, 2.45) is 0 Å². The number of hydrogen-bond acceptors (Lipinski definition) is 3. The summed E-state index contributed by atoms with van der Waals surface area (Å²) >= 11 is 0. The average Bonchev–Trinajstić information content (AvgIpc) is 3.54. The Kier molecular flexibility index (Phi) is 5.11. The van der Waals surface area contributed by atoms with Crippen LogP contribution in [-0.4, -0.2) is 10.9 Å². The number of amides is 1. The number of pyridine rings is 1. The largest absolute Gasteiger partial charge is 0.487 e. The number of nitrogens with zero attached hydrogens (tertiary/aromatic N) is 1. The van der Waals surface area contributed by atoms with Gasteiger partial charge in [0.05, 0.1) is 11.1 Å². The highest BCUT2D eigenvalue weighted by molar-refractivity contribution is 5.91. The number of ether oxygens (including phenoxy) is 1. The first-order valence-electron chi connectivity index (χ1n) is 9.63. The maximum Gasteiger partial charge on any atom is 0.230 e. The Balaban J connectivity index is 1.36. The van der Waals surface area contributed by atoms with Gasteiger partial charge >= 0.3 is 0 Å². The number of rotatable bonds is 7. The fourth-order valence-electron chi connectivity index (χ4n) is 3.45. The third kappa shape index (κ3) is 4.06. The molecular formula is C24H24N2O2. The number of aromatic nitrogens is 1. The van der Waals surface area contributed by atoms with Crippen molar-refractivity contribution in [1.29, 1.82) is 0 Å². The number of carbonyl (C=O) groups excluding carboxylic acids is 1. The first kappa shape index (κ1) is 18.2. The number of hydrogen-bond donors (Lipinski definition) is 1. The molecule has 0 spiro atoms. The van der Waals surface area contributed by atoms with Crippen LogP contribution < -0.4 is 10.1 Å². The molecule has 142 valence electrons. The Hall–Kier alpha value is -3.14. The van der Waals surface area contributed by atoms with E-state index in [9.17, 15) is 4.79 Å². The van der Waals surface area contributed by atoms with Crippen LogP contribution in [0.4, 0.5) is 0 Å². The Labute approximate surface area is 165 Å². The standard InChI is InChI=1S/C24H24N2O2/c1-18-6-4-8-20(14-18)24(11-12-24)23(27)26-16-19-7-5-10-22(15-19)28-17-21-9-2-3-13-25-21/h2-10,13-15H,11-12,16-17H2,1H3,(H,26,27). The highest BCUT2D eigenvalue weighted by Crippen LogP contribution is 2.48. The topological polar surface area (TPSA) is 51.2 Å². The monoisotopic (exact) mass is 372 g/mol. The lowest BCUT2D eigenvalue weighted by molar-refractivity contribution is -0.123. The molecule has 1 fully saturated rings. The van der Waals surface area contributed by atoms with Crippen molar-refractivity contribution >= 4 is 5.91 Å². The minimum Gasteiger partial charge on any atom is -0.487 e. The van der Waals surface area contributed by atoms with E-state index in [2.05, 4.69) is 35.4 Å². The first-order chi connectivity index (χ1) is 13.7. The molecule has 28 heavy (non-hydrogen) atoms. The molecule has 4 heteroatoms. The third-order valence-corrected chi connectivity index (χ3v) is 5.22. The average molecular weight is 372 g/mol. The molecule has 1 heterocycles. The van der Waals surface area contributed by atoms with E-state index in [-0.39, 0.29) is 11.3 Å². The Bertz CT molecular complexity index is 965. The van der Waals surface area contributed by atoms with Crippen molar-refractivity contribution in [3.8, 4) is 5.75 Å². The summed E-state index contributed by atoms with van der Waals surface area (Å²) in [6, 6.07) is 21.9. The van der Waals surface area contributed by atoms with Gasteiger partial charge in [0.2, 0.25) is 5.91 Å². The summed E-state index contributed by atoms with van der Waals surface area (Å²) in [5, 5.41) is 3.11. The summed E-state index contributed by atoms with van der Waals surface area (Å²) in [6.07, 6.45) is 3.58. The van der Waals surface area contributed by atoms with E-state index < -0.39 is 0 Å². The van der Waals surface area contributed by atoms with Gasteiger partial charge in [0.1, 0.15) is 12.4 Å². The van der Waals surface area contributed by atoms with Crippen LogP contribution in [0.3, 0.4) is 0 Å². The van der Waals surface area contributed by atoms with E-state index >= 15 is 0 Å². The molecule has 3 aromatic rings. The number of nitrogens with one attached hydrogen (secondary N) is 1. The van der Waals surface area contributed by atoms with E-state index in [0.717, 1.165) is 35.4 Å². The van der Waals surface area contributed by atoms with Crippen LogP contribution in [0.25, 0.3) is 0 Å². The molecule has 4 nitrogen and oxygen atoms in total. The molecule has 0 saturated heterocycles. The second-order valence-corrected chi connectivity index (χ2v) is 7.39. The minimum absolute atomic E-state index is 0.109. The fourth-order valence-corrected chi connectivity index (χ4v) is 3.45. The molecule has 1 aliphatic rings. The summed E-state index contributed by atoms with van der Waals surface area (Å²) in [5.74, 6) is 0.884. The zero-order valence-electron chi connectivity index (χ0n) is 16.0. The van der Waals surface area contributed by atoms with Crippen LogP contribution in [0.2, 0.25) is 0 Å². The van der Waals surface area contributed by atoms with E-state index in [1.54, 1.807) is 6.20 Å². The summed E-state index contributed by atoms with van der Waals surface area (Å²) < 4.78 is 5.83. The van der Waals surface area contributed by atoms with Gasteiger partial charge in [-0.15, -0.1) is 0 Å². The van der Waals surface area contributed by atoms with Crippen molar-refractivity contribution in [2.45, 2.75) is 38.3 Å². The molecule has 0 atom stereocenters. The molecule has 0 aliphatic heterocycles. The van der Waals surface area contributed by atoms with Crippen LogP contribution in [0.5, 0.6) is 5.75 Å². The molecule has 0 radical (unpaired) electrons. The van der Waals surface area contributed by atoms with Crippen molar-refractivity contribution in [2.75, 3.05) is 0 Å². The molecule has 1 amide bonds. The van der Waals surface area contributed by atoms with E-state index in [1.165, 1.54) is 5.56 Å². The summed E-state index contributed by atoms with van der Waals surface area (Å²) in [4.78, 5) is 17.1. The van der Waals surface area contributed by atoms with Gasteiger partial charge in [0, 0.05) is 12.7 Å². The maximum absolute atomic E-state index is 12.9. The van der Waals surface area contributed by atoms with Gasteiger partial charge in [0.15, 0.2) is 0 Å². The minimum atomic E-state index is -0.348. The van der Waals surface area contributed by atoms with Gasteiger partial charge in [-0.05, 0) is 55.2 Å². The highest BCUT2D eigenvalue weighted by atomic mass is 16.5. The number of carbonyl (C=O) groups is 1. The van der Waals surface area contributed by atoms with Gasteiger partial charge in [-0.2, -0.15) is 0 Å². The zero-order chi connectivity index (χ0) is 19.4. The molecule has 1 aromatic heterocycles. The molecule has 1 aliphatic carbocycles. The second kappa shape index (κ2) is 7.85. The van der Waals surface area contributed by atoms with Crippen LogP contribution in [0, 0.1) is 6.92 Å². The lowest BCUT2D eigenvalue weighted by Gasteiger charge is -2.16. The van der Waals surface area contributed by atoms with Crippen LogP contribution >= 0.6 is 0 Å². The van der Waals surface area contributed by atoms with Gasteiger partial charge in [-0.1, -0.05) is 48.0 Å². The van der Waals surface area contributed by atoms with Crippen molar-refractivity contribution in [1.82, 2.24) is 10.3 Å². The van der Waals surface area contributed by atoms with Crippen molar-refractivity contribution < 1.29 is 9.53 Å². The molecule has 1 saturated carbocycles. The first-order valence-corrected chi connectivity index (χ1v) is 9.63. The molecule has 4 rings (SSSR count). The lowest BCUT2D eigenvalue weighted by atomic mass is 9.93. The molecule has 2 aromatic carbocycles. The van der Waals surface area contributed by atoms with Crippen molar-refractivity contribution in [3.05, 3.63) is 95.3 Å². The number of aryl methyl sites for hydroxylation is 1. The lowest BCUT2D eigenvalue weighted by Crippen LogP contribution is -2.34. The maximum atomic E-state index is 12.9. The molecule has 0 bridgehead atoms. The quantitative estimate of drug-likeness (QED) is 0.672. The van der Waals surface area contributed by atoms with Crippen LogP contribution in [0.15, 0.2) is 72.9 Å². The van der Waals surface area contributed by atoms with E-state index in [4.69, 9.17) is 4.74 Å². The van der Waals surface area contributed by atoms with Crippen LogP contribution in [-0.2, 0) is 23.4 Å². The predicted molar refractivity (Wildman–Crippen MR) is 109 cm³/mol. The van der Waals surface area contributed by atoms with Crippen molar-refractivity contribution in [3.63, 3.8) is 0 Å². The smallest absolute Gasteiger partial charge is 0.230 e. The Morgan fingerprint density at radius 3 is 2.68 bits per heavy atom. The van der Waals surface area contributed by atoms with Gasteiger partial charge in [0.25, 0.3) is 0 Å². The van der Waals surface area contributed by atoms with E-state index in [0.29, 0.717) is 13.2 Å². The normalized spacial score (nSPS) is 14.3. The molecule has 1 N–H and O–H groups in total. The highest BCUT2D eigenvalue weighted by Gasteiger charge is 2.51. The van der Waals surface area contributed by atoms with Gasteiger partial charge in [-0.25, -0.2) is 0 Å². The van der Waals surface area contributed by atoms with Gasteiger partial charge < -0.3 is 10.1 Å². The van der Waals surface area contributed by atoms with E-state index in [1.807, 2.05) is 48.5 Å². The predicted octanol–water partition coefficient (Wildman–Crippen LogP) is 4.32. The van der Waals surface area contributed by atoms with Crippen LogP contribution in [0.1, 0.15) is 35.2 Å². The molecular weight excluding hydrogens is 348 g/mol. The number of benzene rings is 2. The molecule has 0 unspecified atom stereocenters. The zero-order valence-corrected chi connectivity index (χ0v) is 16.0. The third-order valence-electron chi connectivity index (χ3n) is 5.22. The summed E-state index contributed by atoms with van der Waals surface area (Å²) in [7, 11) is 0. The second-order valence-electron chi connectivity index (χ2n) is 7.39. The SMILES string of the molecule is Cc1cccc(C2(C(=O)NCc3cccc(OCc4ccccn4)c3)CC2)c1. The summed E-state index contributed by atoms with van der Waals surface area (Å²) in [6.45, 7) is 2.98. The fraction of sp³-hybridized carbons (Fsp3) is 0.250. The van der Waals surface area contributed by atoms with Gasteiger partial charge in [-0.3, -0.25) is 9.78 Å². The Morgan fingerprint density at radius 1 is 1.07 bits per heavy atom.